The van der Waals surface area contributed by atoms with Gasteiger partial charge in [0, 0.05) is 4.47 Å². The number of halogens is 1. The number of aromatic amines is 1. The zero-order valence-electron chi connectivity index (χ0n) is 10.6. The third kappa shape index (κ3) is 4.46. The highest BCUT2D eigenvalue weighted by Gasteiger charge is 2.11. The molecule has 1 aromatic carbocycles. The maximum Gasteiger partial charge on any atom is 0.270 e. The minimum absolute atomic E-state index is 0.0491. The van der Waals surface area contributed by atoms with Crippen LogP contribution in [0.3, 0.4) is 0 Å². The molecule has 0 aliphatic heterocycles. The van der Waals surface area contributed by atoms with Crippen molar-refractivity contribution >= 4 is 45.5 Å². The molecule has 0 spiro atoms. The van der Waals surface area contributed by atoms with Gasteiger partial charge >= 0.3 is 0 Å². The van der Waals surface area contributed by atoms with E-state index in [0.29, 0.717) is 15.2 Å². The number of nitrogen functional groups attached to an aromatic ring is 1. The number of anilines is 1. The Kier molecular flexibility index (Phi) is 5.17. The number of hydrogen-bond donors (Lipinski definition) is 4. The predicted octanol–water partition coefficient (Wildman–Crippen LogP) is 0.703. The normalized spacial score (nSPS) is 10.1. The van der Waals surface area contributed by atoms with E-state index in [9.17, 15) is 9.59 Å². The predicted molar refractivity (Wildman–Crippen MR) is 81.3 cm³/mol. The number of aromatic nitrogens is 3. The van der Waals surface area contributed by atoms with Crippen molar-refractivity contribution in [3.8, 4) is 0 Å². The zero-order chi connectivity index (χ0) is 15.2. The van der Waals surface area contributed by atoms with Crippen molar-refractivity contribution < 1.29 is 9.59 Å². The number of benzene rings is 1. The van der Waals surface area contributed by atoms with Crippen LogP contribution in [-0.2, 0) is 4.79 Å². The van der Waals surface area contributed by atoms with Crippen molar-refractivity contribution in [2.75, 3.05) is 11.5 Å². The zero-order valence-corrected chi connectivity index (χ0v) is 13.0. The number of carbonyl (C=O) groups excluding carboxylic acids is 2. The number of hydrazine groups is 1. The smallest absolute Gasteiger partial charge is 0.270 e. The molecule has 1 heterocycles. The summed E-state index contributed by atoms with van der Waals surface area (Å²) in [4.78, 5) is 27.3. The van der Waals surface area contributed by atoms with Crippen LogP contribution < -0.4 is 16.6 Å². The van der Waals surface area contributed by atoms with Gasteiger partial charge < -0.3 is 5.73 Å². The van der Waals surface area contributed by atoms with Crippen LogP contribution in [0.2, 0.25) is 0 Å². The van der Waals surface area contributed by atoms with Crippen molar-refractivity contribution in [3.05, 3.63) is 34.3 Å². The Hall–Kier alpha value is -2.07. The summed E-state index contributed by atoms with van der Waals surface area (Å²) in [6.45, 7) is 0. The minimum atomic E-state index is -0.414. The Labute approximate surface area is 132 Å². The van der Waals surface area contributed by atoms with E-state index in [1.807, 2.05) is 0 Å². The molecule has 2 rings (SSSR count). The molecule has 0 fully saturated rings. The van der Waals surface area contributed by atoms with E-state index in [-0.39, 0.29) is 17.6 Å². The largest absolute Gasteiger partial charge is 0.368 e. The third-order valence-electron chi connectivity index (χ3n) is 2.25. The van der Waals surface area contributed by atoms with Crippen LogP contribution in [0.25, 0.3) is 0 Å². The Bertz CT molecular complexity index is 662. The van der Waals surface area contributed by atoms with E-state index < -0.39 is 5.91 Å². The number of hydrogen-bond acceptors (Lipinski definition) is 6. The molecule has 110 valence electrons. The highest BCUT2D eigenvalue weighted by atomic mass is 79.9. The summed E-state index contributed by atoms with van der Waals surface area (Å²) in [6, 6.07) is 6.89. The van der Waals surface area contributed by atoms with Crippen LogP contribution in [0.5, 0.6) is 0 Å². The molecule has 0 bridgehead atoms. The summed E-state index contributed by atoms with van der Waals surface area (Å²) in [5, 5.41) is 6.59. The van der Waals surface area contributed by atoms with Crippen molar-refractivity contribution in [1.29, 1.82) is 0 Å². The van der Waals surface area contributed by atoms with Gasteiger partial charge in [-0.3, -0.25) is 20.4 Å². The first-order valence-corrected chi connectivity index (χ1v) is 7.48. The topological polar surface area (TPSA) is 126 Å². The van der Waals surface area contributed by atoms with E-state index >= 15 is 0 Å². The lowest BCUT2D eigenvalue weighted by molar-refractivity contribution is -0.119. The molecule has 0 aliphatic carbocycles. The van der Waals surface area contributed by atoms with Crippen molar-refractivity contribution in [1.82, 2.24) is 26.0 Å². The average molecular weight is 371 g/mol. The molecule has 1 aromatic heterocycles. The van der Waals surface area contributed by atoms with Crippen molar-refractivity contribution in [2.24, 2.45) is 0 Å². The summed E-state index contributed by atoms with van der Waals surface area (Å²) in [5.41, 5.74) is 10.4. The summed E-state index contributed by atoms with van der Waals surface area (Å²) in [7, 11) is 0. The molecule has 2 amide bonds. The fourth-order valence-corrected chi connectivity index (χ4v) is 2.40. The Balaban J connectivity index is 1.79. The highest BCUT2D eigenvalue weighted by Crippen LogP contribution is 2.15. The second-order valence-electron chi connectivity index (χ2n) is 3.77. The first-order valence-electron chi connectivity index (χ1n) is 5.70. The van der Waals surface area contributed by atoms with Gasteiger partial charge in [-0.05, 0) is 28.1 Å². The van der Waals surface area contributed by atoms with Crippen molar-refractivity contribution in [3.63, 3.8) is 0 Å². The van der Waals surface area contributed by atoms with Gasteiger partial charge in [-0.2, -0.15) is 4.98 Å². The van der Waals surface area contributed by atoms with Gasteiger partial charge in [-0.25, -0.2) is 5.10 Å². The van der Waals surface area contributed by atoms with Crippen LogP contribution >= 0.6 is 27.7 Å². The molecule has 0 aliphatic rings. The van der Waals surface area contributed by atoms with Gasteiger partial charge in [-0.15, -0.1) is 5.10 Å². The van der Waals surface area contributed by atoms with Gasteiger partial charge in [0.05, 0.1) is 11.3 Å². The minimum Gasteiger partial charge on any atom is -0.368 e. The fraction of sp³-hybridized carbons (Fsp3) is 0.0909. The molecule has 0 saturated carbocycles. The van der Waals surface area contributed by atoms with Gasteiger partial charge in [0.2, 0.25) is 17.0 Å². The SMILES string of the molecule is Nc1nc(SCC(=O)NNC(=O)c2ccccc2Br)n[nH]1. The summed E-state index contributed by atoms with van der Waals surface area (Å²) in [5.74, 6) is -0.569. The number of nitrogens with one attached hydrogen (secondary N) is 3. The Morgan fingerprint density at radius 2 is 2.10 bits per heavy atom. The number of nitrogens with two attached hydrogens (primary N) is 1. The maximum atomic E-state index is 11.8. The number of amides is 2. The second-order valence-corrected chi connectivity index (χ2v) is 5.57. The van der Waals surface area contributed by atoms with Crippen LogP contribution in [0, 0.1) is 0 Å². The molecule has 10 heteroatoms. The lowest BCUT2D eigenvalue weighted by atomic mass is 10.2. The Morgan fingerprint density at radius 1 is 1.33 bits per heavy atom. The highest BCUT2D eigenvalue weighted by molar-refractivity contribution is 9.10. The average Bonchev–Trinajstić information content (AvgIpc) is 2.89. The third-order valence-corrected chi connectivity index (χ3v) is 3.79. The quantitative estimate of drug-likeness (QED) is 0.463. The van der Waals surface area contributed by atoms with E-state index in [1.165, 1.54) is 0 Å². The Morgan fingerprint density at radius 3 is 2.76 bits per heavy atom. The molecule has 0 saturated heterocycles. The van der Waals surface area contributed by atoms with Gasteiger partial charge in [0.15, 0.2) is 0 Å². The molecule has 0 atom stereocenters. The maximum absolute atomic E-state index is 11.8. The van der Waals surface area contributed by atoms with Gasteiger partial charge in [0.25, 0.3) is 5.91 Å². The molecule has 8 nitrogen and oxygen atoms in total. The summed E-state index contributed by atoms with van der Waals surface area (Å²) in [6.07, 6.45) is 0. The van der Waals surface area contributed by atoms with E-state index in [4.69, 9.17) is 5.73 Å². The first-order chi connectivity index (χ1) is 10.1. The standard InChI is InChI=1S/C11H11BrN6O2S/c12-7-4-2-1-3-6(7)9(20)16-15-8(19)5-21-11-14-10(13)17-18-11/h1-4H,5H2,(H,15,19)(H,16,20)(H3,13,14,17,18). The number of H-pyrrole nitrogens is 1. The first kappa shape index (κ1) is 15.3. The number of thioether (sulfide) groups is 1. The number of rotatable bonds is 4. The number of nitrogens with zero attached hydrogens (tertiary/aromatic N) is 2. The summed E-state index contributed by atoms with van der Waals surface area (Å²) >= 11 is 4.35. The van der Waals surface area contributed by atoms with Gasteiger partial charge in [-0.1, -0.05) is 23.9 Å². The van der Waals surface area contributed by atoms with Crippen LogP contribution in [0.4, 0.5) is 5.95 Å². The van der Waals surface area contributed by atoms with E-state index in [2.05, 4.69) is 42.0 Å². The lowest BCUT2D eigenvalue weighted by Crippen LogP contribution is -2.42. The monoisotopic (exact) mass is 370 g/mol. The van der Waals surface area contributed by atoms with E-state index in [0.717, 1.165) is 11.8 Å². The van der Waals surface area contributed by atoms with Crippen molar-refractivity contribution in [2.45, 2.75) is 5.16 Å². The molecule has 0 radical (unpaired) electrons. The molecule has 21 heavy (non-hydrogen) atoms. The molecule has 5 N–H and O–H groups in total. The van der Waals surface area contributed by atoms with Crippen LogP contribution in [0.15, 0.2) is 33.9 Å². The van der Waals surface area contributed by atoms with Crippen LogP contribution in [-0.4, -0.2) is 32.7 Å². The lowest BCUT2D eigenvalue weighted by Gasteiger charge is -2.07. The van der Waals surface area contributed by atoms with Crippen LogP contribution in [0.1, 0.15) is 10.4 Å². The molecule has 2 aromatic rings. The fourth-order valence-electron chi connectivity index (χ4n) is 1.33. The number of carbonyl (C=O) groups is 2. The van der Waals surface area contributed by atoms with Gasteiger partial charge in [0.1, 0.15) is 0 Å². The molecular formula is C11H11BrN6O2S. The van der Waals surface area contributed by atoms with E-state index in [1.54, 1.807) is 24.3 Å². The molecule has 0 unspecified atom stereocenters. The molecular weight excluding hydrogens is 360 g/mol. The second kappa shape index (κ2) is 7.09. The summed E-state index contributed by atoms with van der Waals surface area (Å²) < 4.78 is 0.641.